The van der Waals surface area contributed by atoms with Crippen molar-refractivity contribution in [1.29, 1.82) is 0 Å². The maximum Gasteiger partial charge on any atom is 0.119 e. The van der Waals surface area contributed by atoms with Gasteiger partial charge in [-0.1, -0.05) is 29.8 Å². The highest BCUT2D eigenvalue weighted by molar-refractivity contribution is 7.16. The van der Waals surface area contributed by atoms with Gasteiger partial charge < -0.3 is 10.1 Å². The van der Waals surface area contributed by atoms with Gasteiger partial charge in [0.15, 0.2) is 0 Å². The first-order valence-corrected chi connectivity index (χ1v) is 6.67. The molecule has 0 amide bonds. The number of hydrogen-bond donors (Lipinski definition) is 1. The van der Waals surface area contributed by atoms with Crippen LogP contribution in [0.5, 0.6) is 5.75 Å². The SMILES string of the molecule is Clc1ccc(CNCCOc2ccccc2)s1. The second-order valence-electron chi connectivity index (χ2n) is 3.54. The quantitative estimate of drug-likeness (QED) is 0.808. The van der Waals surface area contributed by atoms with E-state index < -0.39 is 0 Å². The second kappa shape index (κ2) is 6.64. The lowest BCUT2D eigenvalue weighted by atomic mass is 10.3. The van der Waals surface area contributed by atoms with Crippen molar-refractivity contribution in [3.8, 4) is 5.75 Å². The Morgan fingerprint density at radius 1 is 1.12 bits per heavy atom. The monoisotopic (exact) mass is 267 g/mol. The van der Waals surface area contributed by atoms with Crippen LogP contribution in [0.25, 0.3) is 0 Å². The van der Waals surface area contributed by atoms with Crippen LogP contribution in [-0.4, -0.2) is 13.2 Å². The van der Waals surface area contributed by atoms with Gasteiger partial charge in [-0.3, -0.25) is 0 Å². The molecule has 1 heterocycles. The predicted molar refractivity (Wildman–Crippen MR) is 73.0 cm³/mol. The highest BCUT2D eigenvalue weighted by Gasteiger charge is 1.97. The molecule has 2 aromatic rings. The summed E-state index contributed by atoms with van der Waals surface area (Å²) in [6, 6.07) is 13.8. The number of hydrogen-bond acceptors (Lipinski definition) is 3. The van der Waals surface area contributed by atoms with E-state index in [2.05, 4.69) is 5.32 Å². The Kier molecular flexibility index (Phi) is 4.86. The number of para-hydroxylation sites is 1. The third-order valence-corrected chi connectivity index (χ3v) is 3.45. The number of halogens is 1. The minimum absolute atomic E-state index is 0.670. The fraction of sp³-hybridized carbons (Fsp3) is 0.231. The third-order valence-electron chi connectivity index (χ3n) is 2.22. The third kappa shape index (κ3) is 4.38. The highest BCUT2D eigenvalue weighted by Crippen LogP contribution is 2.20. The van der Waals surface area contributed by atoms with Crippen molar-refractivity contribution in [3.05, 3.63) is 51.7 Å². The van der Waals surface area contributed by atoms with Gasteiger partial charge in [0.25, 0.3) is 0 Å². The molecule has 0 spiro atoms. The molecule has 0 aliphatic carbocycles. The van der Waals surface area contributed by atoms with Crippen LogP contribution >= 0.6 is 22.9 Å². The minimum atomic E-state index is 0.670. The van der Waals surface area contributed by atoms with Crippen LogP contribution in [0.2, 0.25) is 4.34 Å². The summed E-state index contributed by atoms with van der Waals surface area (Å²) in [5.41, 5.74) is 0. The van der Waals surface area contributed by atoms with E-state index in [1.807, 2.05) is 42.5 Å². The number of thiophene rings is 1. The summed E-state index contributed by atoms with van der Waals surface area (Å²) in [4.78, 5) is 1.25. The molecule has 1 aromatic heterocycles. The van der Waals surface area contributed by atoms with Crippen molar-refractivity contribution >= 4 is 22.9 Å². The van der Waals surface area contributed by atoms with E-state index in [-0.39, 0.29) is 0 Å². The zero-order valence-corrected chi connectivity index (χ0v) is 10.9. The van der Waals surface area contributed by atoms with E-state index in [0.29, 0.717) is 6.61 Å². The van der Waals surface area contributed by atoms with Crippen molar-refractivity contribution in [2.24, 2.45) is 0 Å². The van der Waals surface area contributed by atoms with Gasteiger partial charge in [0.1, 0.15) is 12.4 Å². The molecule has 2 nitrogen and oxygen atoms in total. The molecule has 4 heteroatoms. The highest BCUT2D eigenvalue weighted by atomic mass is 35.5. The molecule has 0 aliphatic rings. The summed E-state index contributed by atoms with van der Waals surface area (Å²) >= 11 is 7.45. The lowest BCUT2D eigenvalue weighted by Gasteiger charge is -2.06. The van der Waals surface area contributed by atoms with Crippen LogP contribution in [-0.2, 0) is 6.54 Å². The maximum absolute atomic E-state index is 5.85. The summed E-state index contributed by atoms with van der Waals surface area (Å²) in [6.45, 7) is 2.34. The molecule has 0 bridgehead atoms. The molecule has 0 fully saturated rings. The van der Waals surface area contributed by atoms with E-state index in [9.17, 15) is 0 Å². The van der Waals surface area contributed by atoms with Gasteiger partial charge in [0.05, 0.1) is 4.34 Å². The van der Waals surface area contributed by atoms with Gasteiger partial charge in [0.2, 0.25) is 0 Å². The molecular formula is C13H14ClNOS. The number of benzene rings is 1. The van der Waals surface area contributed by atoms with Crippen LogP contribution in [0.3, 0.4) is 0 Å². The van der Waals surface area contributed by atoms with Gasteiger partial charge in [-0.15, -0.1) is 11.3 Å². The zero-order valence-electron chi connectivity index (χ0n) is 9.36. The van der Waals surface area contributed by atoms with Crippen molar-refractivity contribution in [3.63, 3.8) is 0 Å². The first kappa shape index (κ1) is 12.4. The smallest absolute Gasteiger partial charge is 0.119 e. The fourth-order valence-corrected chi connectivity index (χ4v) is 2.47. The Morgan fingerprint density at radius 3 is 2.65 bits per heavy atom. The lowest BCUT2D eigenvalue weighted by Crippen LogP contribution is -2.20. The topological polar surface area (TPSA) is 21.3 Å². The van der Waals surface area contributed by atoms with Crippen LogP contribution in [0, 0.1) is 0 Å². The fourth-order valence-electron chi connectivity index (χ4n) is 1.42. The van der Waals surface area contributed by atoms with Crippen LogP contribution in [0.15, 0.2) is 42.5 Å². The molecular weight excluding hydrogens is 254 g/mol. The van der Waals surface area contributed by atoms with E-state index in [0.717, 1.165) is 23.2 Å². The van der Waals surface area contributed by atoms with Gasteiger partial charge >= 0.3 is 0 Å². The maximum atomic E-state index is 5.85. The Labute approximate surface area is 110 Å². The summed E-state index contributed by atoms with van der Waals surface area (Å²) in [5, 5.41) is 3.31. The largest absolute Gasteiger partial charge is 0.492 e. The van der Waals surface area contributed by atoms with Crippen molar-refractivity contribution < 1.29 is 4.74 Å². The Hall–Kier alpha value is -1.03. The van der Waals surface area contributed by atoms with Crippen LogP contribution < -0.4 is 10.1 Å². The normalized spacial score (nSPS) is 10.4. The zero-order chi connectivity index (χ0) is 11.9. The molecule has 0 saturated heterocycles. The number of nitrogens with one attached hydrogen (secondary N) is 1. The van der Waals surface area contributed by atoms with E-state index in [1.54, 1.807) is 11.3 Å². The van der Waals surface area contributed by atoms with Crippen LogP contribution in [0.1, 0.15) is 4.88 Å². The standard InChI is InChI=1S/C13H14ClNOS/c14-13-7-6-12(17-13)10-15-8-9-16-11-4-2-1-3-5-11/h1-7,15H,8-10H2. The number of rotatable bonds is 6. The molecule has 1 N–H and O–H groups in total. The van der Waals surface area contributed by atoms with Gasteiger partial charge in [0, 0.05) is 18.0 Å². The Morgan fingerprint density at radius 2 is 1.94 bits per heavy atom. The minimum Gasteiger partial charge on any atom is -0.492 e. The van der Waals surface area contributed by atoms with Gasteiger partial charge in [-0.2, -0.15) is 0 Å². The van der Waals surface area contributed by atoms with Crippen molar-refractivity contribution in [2.45, 2.75) is 6.54 Å². The summed E-state index contributed by atoms with van der Waals surface area (Å²) in [5.74, 6) is 0.911. The number of ether oxygens (including phenoxy) is 1. The Bertz CT molecular complexity index is 444. The van der Waals surface area contributed by atoms with E-state index in [1.165, 1.54) is 4.88 Å². The molecule has 17 heavy (non-hydrogen) atoms. The molecule has 0 unspecified atom stereocenters. The second-order valence-corrected chi connectivity index (χ2v) is 5.34. The molecule has 0 radical (unpaired) electrons. The molecule has 1 aromatic carbocycles. The molecule has 2 rings (SSSR count). The Balaban J connectivity index is 1.61. The van der Waals surface area contributed by atoms with Crippen molar-refractivity contribution in [2.75, 3.05) is 13.2 Å². The molecule has 90 valence electrons. The van der Waals surface area contributed by atoms with E-state index in [4.69, 9.17) is 16.3 Å². The summed E-state index contributed by atoms with van der Waals surface area (Å²) in [7, 11) is 0. The first-order valence-electron chi connectivity index (χ1n) is 5.47. The predicted octanol–water partition coefficient (Wildman–Crippen LogP) is 3.57. The van der Waals surface area contributed by atoms with Gasteiger partial charge in [-0.05, 0) is 24.3 Å². The summed E-state index contributed by atoms with van der Waals surface area (Å²) < 4.78 is 6.40. The molecule has 0 saturated carbocycles. The average molecular weight is 268 g/mol. The molecule has 0 aliphatic heterocycles. The first-order chi connectivity index (χ1) is 8.34. The lowest BCUT2D eigenvalue weighted by molar-refractivity contribution is 0.314. The summed E-state index contributed by atoms with van der Waals surface area (Å²) in [6.07, 6.45) is 0. The van der Waals surface area contributed by atoms with Crippen LogP contribution in [0.4, 0.5) is 0 Å². The molecule has 0 atom stereocenters. The average Bonchev–Trinajstić information content (AvgIpc) is 2.76. The van der Waals surface area contributed by atoms with E-state index >= 15 is 0 Å². The van der Waals surface area contributed by atoms with Crippen molar-refractivity contribution in [1.82, 2.24) is 5.32 Å². The van der Waals surface area contributed by atoms with Gasteiger partial charge in [-0.25, -0.2) is 0 Å².